The molecule has 0 amide bonds. The molecule has 21 heavy (non-hydrogen) atoms. The van der Waals surface area contributed by atoms with Gasteiger partial charge in [0.25, 0.3) is 10.0 Å². The van der Waals surface area contributed by atoms with Gasteiger partial charge in [-0.05, 0) is 43.1 Å². The summed E-state index contributed by atoms with van der Waals surface area (Å²) in [6.45, 7) is 3.40. The number of aromatic nitrogens is 2. The van der Waals surface area contributed by atoms with E-state index in [1.165, 1.54) is 4.31 Å². The summed E-state index contributed by atoms with van der Waals surface area (Å²) in [7, 11) is -3.59. The molecule has 4 rings (SSSR count). The third kappa shape index (κ3) is 1.86. The lowest BCUT2D eigenvalue weighted by atomic mass is 10.2. The summed E-state index contributed by atoms with van der Waals surface area (Å²) in [5, 5.41) is 0. The largest absolute Gasteiger partial charge is 0.366 e. The first kappa shape index (κ1) is 13.0. The monoisotopic (exact) mass is 322 g/mol. The Morgan fingerprint density at radius 3 is 3.05 bits per heavy atom. The minimum absolute atomic E-state index is 0.0418. The zero-order chi connectivity index (χ0) is 14.6. The van der Waals surface area contributed by atoms with Crippen LogP contribution in [0.15, 0.2) is 28.6 Å². The molecule has 110 valence electrons. The molecule has 0 aliphatic carbocycles. The molecule has 1 unspecified atom stereocenters. The van der Waals surface area contributed by atoms with Crippen molar-refractivity contribution in [2.45, 2.75) is 23.6 Å². The van der Waals surface area contributed by atoms with Crippen LogP contribution in [0.1, 0.15) is 12.1 Å². The van der Waals surface area contributed by atoms with Gasteiger partial charge in [0.05, 0.1) is 17.4 Å². The van der Waals surface area contributed by atoms with E-state index >= 15 is 0 Å². The van der Waals surface area contributed by atoms with E-state index < -0.39 is 10.0 Å². The molecule has 6 nitrogen and oxygen atoms in total. The second-order valence-corrected chi connectivity index (χ2v) is 8.17. The molecule has 4 heterocycles. The Bertz CT molecular complexity index is 802. The molecule has 2 aromatic rings. The molecule has 1 atom stereocenters. The summed E-state index contributed by atoms with van der Waals surface area (Å²) in [4.78, 5) is 6.53. The summed E-state index contributed by atoms with van der Waals surface area (Å²) in [6.07, 6.45) is 2.47. The molecule has 2 aromatic heterocycles. The van der Waals surface area contributed by atoms with Crippen molar-refractivity contribution in [1.82, 2.24) is 9.36 Å². The molecular weight excluding hydrogens is 308 g/mol. The van der Waals surface area contributed by atoms with Crippen molar-refractivity contribution in [1.29, 1.82) is 0 Å². The van der Waals surface area contributed by atoms with Gasteiger partial charge in [-0.3, -0.25) is 0 Å². The fourth-order valence-electron chi connectivity index (χ4n) is 3.00. The number of aryl methyl sites for hydroxylation is 1. The van der Waals surface area contributed by atoms with Crippen molar-refractivity contribution < 1.29 is 8.42 Å². The van der Waals surface area contributed by atoms with Crippen molar-refractivity contribution in [2.24, 2.45) is 0 Å². The van der Waals surface area contributed by atoms with Gasteiger partial charge in [0.2, 0.25) is 0 Å². The summed E-state index contributed by atoms with van der Waals surface area (Å²) in [6, 6.07) is 5.37. The van der Waals surface area contributed by atoms with Gasteiger partial charge < -0.3 is 4.90 Å². The fraction of sp³-hybridized carbons (Fsp3) is 0.385. The number of fused-ring (bicyclic) bond motifs is 4. The molecule has 8 heteroatoms. The third-order valence-corrected chi connectivity index (χ3v) is 7.08. The second kappa shape index (κ2) is 4.41. The van der Waals surface area contributed by atoms with Gasteiger partial charge in [0.1, 0.15) is 0 Å². The molecule has 0 radical (unpaired) electrons. The van der Waals surface area contributed by atoms with E-state index in [9.17, 15) is 8.42 Å². The molecular formula is C13H14N4O2S2. The number of hydrogen-bond donors (Lipinski definition) is 0. The topological polar surface area (TPSA) is 66.4 Å². The van der Waals surface area contributed by atoms with Crippen LogP contribution in [0.5, 0.6) is 0 Å². The maximum atomic E-state index is 13.0. The van der Waals surface area contributed by atoms with Crippen LogP contribution in [0.2, 0.25) is 0 Å². The Morgan fingerprint density at radius 1 is 1.43 bits per heavy atom. The number of anilines is 2. The molecule has 2 aliphatic rings. The van der Waals surface area contributed by atoms with Crippen LogP contribution in [0.3, 0.4) is 0 Å². The van der Waals surface area contributed by atoms with E-state index in [2.05, 4.69) is 14.3 Å². The number of rotatable bonds is 2. The Kier molecular flexibility index (Phi) is 2.74. The highest BCUT2D eigenvalue weighted by molar-refractivity contribution is 7.94. The molecule has 0 N–H and O–H groups in total. The van der Waals surface area contributed by atoms with Crippen molar-refractivity contribution in [3.63, 3.8) is 0 Å². The standard InChI is InChI=1S/C13H14N4O2S2/c1-9-7-12(20-15-9)21(18,19)17-10-4-6-16(8-10)11-3-2-5-14-13(11)17/h2-3,5,7,10H,4,6,8H2,1H3. The fourth-order valence-corrected chi connectivity index (χ4v) is 5.68. The Labute approximate surface area is 127 Å². The summed E-state index contributed by atoms with van der Waals surface area (Å²) < 4.78 is 31.9. The van der Waals surface area contributed by atoms with Gasteiger partial charge in [0, 0.05) is 19.3 Å². The van der Waals surface area contributed by atoms with Gasteiger partial charge in [-0.2, -0.15) is 4.37 Å². The predicted molar refractivity (Wildman–Crippen MR) is 81.4 cm³/mol. The average molecular weight is 322 g/mol. The smallest absolute Gasteiger partial charge is 0.276 e. The van der Waals surface area contributed by atoms with Crippen molar-refractivity contribution >= 4 is 33.1 Å². The average Bonchev–Trinajstić information content (AvgIpc) is 3.07. The van der Waals surface area contributed by atoms with Gasteiger partial charge >= 0.3 is 0 Å². The molecule has 1 fully saturated rings. The first-order valence-electron chi connectivity index (χ1n) is 6.75. The third-order valence-electron chi connectivity index (χ3n) is 3.93. The van der Waals surface area contributed by atoms with E-state index in [1.54, 1.807) is 19.2 Å². The normalized spacial score (nSPS) is 20.7. The lowest BCUT2D eigenvalue weighted by molar-refractivity contribution is 0.579. The quantitative estimate of drug-likeness (QED) is 0.841. The lowest BCUT2D eigenvalue weighted by Crippen LogP contribution is -2.46. The summed E-state index contributed by atoms with van der Waals surface area (Å²) in [5.41, 5.74) is 1.63. The Balaban J connectivity index is 1.89. The molecule has 2 aliphatic heterocycles. The number of pyridine rings is 1. The van der Waals surface area contributed by atoms with Crippen LogP contribution in [0.4, 0.5) is 11.5 Å². The summed E-state index contributed by atoms with van der Waals surface area (Å²) >= 11 is 1.03. The van der Waals surface area contributed by atoms with Crippen molar-refractivity contribution in [3.05, 3.63) is 30.1 Å². The predicted octanol–water partition coefficient (Wildman–Crippen LogP) is 1.63. The minimum Gasteiger partial charge on any atom is -0.366 e. The molecule has 0 spiro atoms. The number of sulfonamides is 1. The van der Waals surface area contributed by atoms with E-state index in [1.807, 2.05) is 12.1 Å². The highest BCUT2D eigenvalue weighted by atomic mass is 32.2. The van der Waals surface area contributed by atoms with Crippen LogP contribution < -0.4 is 9.21 Å². The molecule has 0 aromatic carbocycles. The SMILES string of the molecule is Cc1cc(S(=O)(=O)N2c3ncccc3N3CCC2C3)sn1. The van der Waals surface area contributed by atoms with Crippen molar-refractivity contribution in [2.75, 3.05) is 22.3 Å². The first-order valence-corrected chi connectivity index (χ1v) is 8.96. The maximum Gasteiger partial charge on any atom is 0.276 e. The second-order valence-electron chi connectivity index (χ2n) is 5.32. The zero-order valence-electron chi connectivity index (χ0n) is 11.4. The van der Waals surface area contributed by atoms with Crippen LogP contribution in [-0.4, -0.2) is 36.9 Å². The summed E-state index contributed by atoms with van der Waals surface area (Å²) in [5.74, 6) is 0.539. The minimum atomic E-state index is -3.59. The maximum absolute atomic E-state index is 13.0. The van der Waals surface area contributed by atoms with E-state index in [0.717, 1.165) is 42.4 Å². The van der Waals surface area contributed by atoms with Crippen LogP contribution in [0, 0.1) is 6.92 Å². The highest BCUT2D eigenvalue weighted by Crippen LogP contribution is 2.41. The number of hydrogen-bond acceptors (Lipinski definition) is 6. The van der Waals surface area contributed by atoms with Crippen LogP contribution in [0.25, 0.3) is 0 Å². The van der Waals surface area contributed by atoms with Gasteiger partial charge in [-0.15, -0.1) is 0 Å². The first-order chi connectivity index (χ1) is 10.1. The van der Waals surface area contributed by atoms with E-state index in [4.69, 9.17) is 0 Å². The van der Waals surface area contributed by atoms with Gasteiger partial charge in [0.15, 0.2) is 10.0 Å². The van der Waals surface area contributed by atoms with E-state index in [-0.39, 0.29) is 10.3 Å². The molecule has 0 saturated carbocycles. The lowest BCUT2D eigenvalue weighted by Gasteiger charge is -2.35. The molecule has 1 saturated heterocycles. The van der Waals surface area contributed by atoms with Crippen molar-refractivity contribution in [3.8, 4) is 0 Å². The molecule has 2 bridgehead atoms. The van der Waals surface area contributed by atoms with Gasteiger partial charge in [-0.25, -0.2) is 17.7 Å². The highest BCUT2D eigenvalue weighted by Gasteiger charge is 2.43. The van der Waals surface area contributed by atoms with Crippen LogP contribution in [-0.2, 0) is 10.0 Å². The Hall–Kier alpha value is -1.67. The van der Waals surface area contributed by atoms with Crippen LogP contribution >= 0.6 is 11.5 Å². The Morgan fingerprint density at radius 2 is 2.29 bits per heavy atom. The van der Waals surface area contributed by atoms with E-state index in [0.29, 0.717) is 5.82 Å². The number of nitrogens with zero attached hydrogens (tertiary/aromatic N) is 4. The zero-order valence-corrected chi connectivity index (χ0v) is 13.1. The van der Waals surface area contributed by atoms with Gasteiger partial charge in [-0.1, -0.05) is 0 Å².